The van der Waals surface area contributed by atoms with Crippen molar-refractivity contribution in [3.05, 3.63) is 370 Å². The minimum absolute atomic E-state index is 0.751. The Kier molecular flexibility index (Phi) is 16.0. The van der Waals surface area contributed by atoms with E-state index in [1.807, 2.05) is 0 Å². The molecule has 430 valence electrons. The average Bonchev–Trinajstić information content (AvgIpc) is 1.57. The van der Waals surface area contributed by atoms with Gasteiger partial charge in [0.15, 0.2) is 0 Å². The van der Waals surface area contributed by atoms with Crippen molar-refractivity contribution in [1.82, 2.24) is 0 Å². The molecule has 0 heteroatoms. The van der Waals surface area contributed by atoms with Crippen LogP contribution in [0.15, 0.2) is 303 Å². The van der Waals surface area contributed by atoms with Crippen molar-refractivity contribution < 1.29 is 0 Å². The molecule has 0 amide bonds. The van der Waals surface area contributed by atoms with Gasteiger partial charge in [-0.25, -0.2) is 0 Å². The van der Waals surface area contributed by atoms with E-state index in [4.69, 9.17) is 0 Å². The lowest BCUT2D eigenvalue weighted by atomic mass is 9.66. The fourth-order valence-corrected chi connectivity index (χ4v) is 13.5. The van der Waals surface area contributed by atoms with Crippen LogP contribution in [0.5, 0.6) is 0 Å². The van der Waals surface area contributed by atoms with E-state index >= 15 is 0 Å². The van der Waals surface area contributed by atoms with Gasteiger partial charge in [-0.05, 0) is 259 Å². The smallest absolute Gasteiger partial charge is 0.0622 e. The van der Waals surface area contributed by atoms with Crippen LogP contribution in [-0.2, 0) is 5.41 Å². The maximum absolute atomic E-state index is 2.50. The maximum atomic E-state index is 2.50. The van der Waals surface area contributed by atoms with Gasteiger partial charge in [-0.3, -0.25) is 0 Å². The molecule has 12 aromatic carbocycles. The first-order chi connectivity index (χ1) is 43.4. The van der Waals surface area contributed by atoms with Gasteiger partial charge < -0.3 is 0 Å². The largest absolute Gasteiger partial charge is 0.0714 e. The van der Waals surface area contributed by atoms with E-state index in [0.29, 0.717) is 0 Å². The number of allylic oxidation sites excluding steroid dienone is 8. The van der Waals surface area contributed by atoms with Crippen molar-refractivity contribution in [3.63, 3.8) is 0 Å². The van der Waals surface area contributed by atoms with Crippen LogP contribution in [0, 0.1) is 0 Å². The van der Waals surface area contributed by atoms with E-state index in [-0.39, 0.29) is 0 Å². The molecule has 0 bridgehead atoms. The van der Waals surface area contributed by atoms with Gasteiger partial charge in [0.2, 0.25) is 0 Å². The Balaban J connectivity index is 1.04. The van der Waals surface area contributed by atoms with Crippen LogP contribution in [0.2, 0.25) is 0 Å². The van der Waals surface area contributed by atoms with Crippen LogP contribution < -0.4 is 0 Å². The first kappa shape index (κ1) is 57.7. The molecule has 0 spiro atoms. The first-order valence-corrected chi connectivity index (χ1v) is 31.3. The molecule has 89 heavy (non-hydrogen) atoms. The molecule has 0 N–H and O–H groups in total. The second-order valence-electron chi connectivity index (χ2n) is 24.2. The molecule has 0 aromatic heterocycles. The Morgan fingerprint density at radius 2 is 0.371 bits per heavy atom. The van der Waals surface area contributed by atoms with Crippen LogP contribution in [0.4, 0.5) is 0 Å². The summed E-state index contributed by atoms with van der Waals surface area (Å²) in [5.41, 5.74) is 36.0. The molecule has 0 saturated carbocycles. The standard InChI is InChI=1S/C89H74/c1-59(67-25-13-9-14-26-67)63(5)71-37-45-75(46-38-71)79-53-80(76-47-39-72(40-48-76)64(6)60(2)68-27-15-10-16-28-68)56-83(55-79)89(87-35-23-21-33-85(87)86-34-22-24-36-88(86)89)84-57-81(77-49-41-73(42-50-77)65(7)61(3)69-29-17-11-18-30-69)54-82(58-84)78-51-43-74(44-52-78)66(8)62(4)70-31-19-12-20-32-70/h9-58H,1-8H3/b63-59-,64-60-,65-61-,66-62-. The molecule has 1 aliphatic rings. The number of hydrogen-bond acceptors (Lipinski definition) is 0. The molecule has 13 rings (SSSR count). The number of rotatable bonds is 14. The summed E-state index contributed by atoms with van der Waals surface area (Å²) in [6.45, 7) is 17.9. The molecule has 0 atom stereocenters. The summed E-state index contributed by atoms with van der Waals surface area (Å²) in [6, 6.07) is 113. The van der Waals surface area contributed by atoms with Crippen molar-refractivity contribution in [1.29, 1.82) is 0 Å². The zero-order valence-corrected chi connectivity index (χ0v) is 52.4. The van der Waals surface area contributed by atoms with E-state index in [2.05, 4.69) is 359 Å². The summed E-state index contributed by atoms with van der Waals surface area (Å²) in [4.78, 5) is 0. The van der Waals surface area contributed by atoms with Crippen molar-refractivity contribution in [3.8, 4) is 55.6 Å². The second-order valence-corrected chi connectivity index (χ2v) is 24.2. The molecule has 0 fully saturated rings. The predicted octanol–water partition coefficient (Wildman–Crippen LogP) is 24.5. The SMILES string of the molecule is C/C(=C(\C)c1ccc(-c2cc(-c3ccc(/C(C)=C(/C)c4ccccc4)cc3)cc(C3(c4cc(-c5ccc(/C(C)=C(/C)c6ccccc6)cc5)cc(-c5ccc(/C(C)=C(/C)c6ccccc6)cc5)c4)c4ccccc4-c4ccccc43)c2)cc1)c1ccccc1. The van der Waals surface area contributed by atoms with Crippen LogP contribution >= 0.6 is 0 Å². The third-order valence-corrected chi connectivity index (χ3v) is 19.4. The molecule has 0 unspecified atom stereocenters. The molecule has 0 radical (unpaired) electrons. The molecule has 12 aromatic rings. The molecule has 0 heterocycles. The number of fused-ring (bicyclic) bond motifs is 3. The molecule has 1 aliphatic carbocycles. The summed E-state index contributed by atoms with van der Waals surface area (Å²) in [7, 11) is 0. The Labute approximate surface area is 527 Å². The summed E-state index contributed by atoms with van der Waals surface area (Å²) in [5, 5.41) is 0. The molecule has 0 nitrogen and oxygen atoms in total. The van der Waals surface area contributed by atoms with Gasteiger partial charge in [-0.15, -0.1) is 0 Å². The minimum Gasteiger partial charge on any atom is -0.0622 e. The third kappa shape index (κ3) is 11.1. The van der Waals surface area contributed by atoms with E-state index in [0.717, 1.165) is 22.3 Å². The van der Waals surface area contributed by atoms with Crippen LogP contribution in [0.1, 0.15) is 122 Å². The highest BCUT2D eigenvalue weighted by Gasteiger charge is 2.46. The predicted molar refractivity (Wildman–Crippen MR) is 384 cm³/mol. The maximum Gasteiger partial charge on any atom is 0.0714 e. The zero-order valence-electron chi connectivity index (χ0n) is 52.4. The number of benzene rings is 12. The summed E-state index contributed by atoms with van der Waals surface area (Å²) >= 11 is 0. The normalized spacial score (nSPS) is 13.5. The monoisotopic (exact) mass is 1140 g/mol. The Bertz CT molecular complexity index is 4130. The van der Waals surface area contributed by atoms with E-state index in [9.17, 15) is 0 Å². The summed E-state index contributed by atoms with van der Waals surface area (Å²) in [6.07, 6.45) is 0. The van der Waals surface area contributed by atoms with Gasteiger partial charge in [-0.1, -0.05) is 267 Å². The van der Waals surface area contributed by atoms with E-state index in [1.54, 1.807) is 0 Å². The quantitative estimate of drug-likeness (QED) is 0.0952. The minimum atomic E-state index is -0.751. The summed E-state index contributed by atoms with van der Waals surface area (Å²) < 4.78 is 0. The van der Waals surface area contributed by atoms with Crippen LogP contribution in [-0.4, -0.2) is 0 Å². The van der Waals surface area contributed by atoms with Gasteiger partial charge in [0, 0.05) is 0 Å². The van der Waals surface area contributed by atoms with Gasteiger partial charge in [0.1, 0.15) is 0 Å². The second kappa shape index (κ2) is 24.8. The molecular formula is C89H74. The lowest BCUT2D eigenvalue weighted by Gasteiger charge is -2.35. The van der Waals surface area contributed by atoms with Crippen molar-refractivity contribution >= 4 is 44.6 Å². The van der Waals surface area contributed by atoms with Crippen LogP contribution in [0.25, 0.3) is 100 Å². The van der Waals surface area contributed by atoms with Gasteiger partial charge in [-0.2, -0.15) is 0 Å². The molecule has 0 saturated heterocycles. The Hall–Kier alpha value is -10.4. The highest BCUT2D eigenvalue weighted by molar-refractivity contribution is 5.95. The van der Waals surface area contributed by atoms with Crippen molar-refractivity contribution in [2.75, 3.05) is 0 Å². The molecular weight excluding hydrogens is 1070 g/mol. The Morgan fingerprint density at radius 1 is 0.180 bits per heavy atom. The lowest BCUT2D eigenvalue weighted by Crippen LogP contribution is -2.29. The van der Waals surface area contributed by atoms with Crippen molar-refractivity contribution in [2.45, 2.75) is 60.8 Å². The lowest BCUT2D eigenvalue weighted by molar-refractivity contribution is 0.770. The van der Waals surface area contributed by atoms with Crippen molar-refractivity contribution in [2.24, 2.45) is 0 Å². The van der Waals surface area contributed by atoms with Gasteiger partial charge in [0.05, 0.1) is 5.41 Å². The van der Waals surface area contributed by atoms with Gasteiger partial charge >= 0.3 is 0 Å². The Morgan fingerprint density at radius 3 is 0.596 bits per heavy atom. The zero-order chi connectivity index (χ0) is 61.2. The summed E-state index contributed by atoms with van der Waals surface area (Å²) in [5.74, 6) is 0. The molecule has 0 aliphatic heterocycles. The topological polar surface area (TPSA) is 0 Å². The third-order valence-electron chi connectivity index (χ3n) is 19.4. The van der Waals surface area contributed by atoms with Crippen LogP contribution in [0.3, 0.4) is 0 Å². The van der Waals surface area contributed by atoms with E-state index in [1.165, 1.54) is 145 Å². The fraction of sp³-hybridized carbons (Fsp3) is 0.101. The van der Waals surface area contributed by atoms with Gasteiger partial charge in [0.25, 0.3) is 0 Å². The number of hydrogen-bond donors (Lipinski definition) is 0. The average molecular weight is 1140 g/mol. The van der Waals surface area contributed by atoms with E-state index < -0.39 is 5.41 Å². The fourth-order valence-electron chi connectivity index (χ4n) is 13.5. The highest BCUT2D eigenvalue weighted by atomic mass is 14.5. The highest BCUT2D eigenvalue weighted by Crippen LogP contribution is 2.58. The first-order valence-electron chi connectivity index (χ1n) is 31.3.